The molecule has 0 saturated carbocycles. The van der Waals surface area contributed by atoms with Gasteiger partial charge < -0.3 is 10.1 Å². The van der Waals surface area contributed by atoms with Crippen molar-refractivity contribution in [2.75, 3.05) is 13.7 Å². The number of nitrogens with one attached hydrogen (secondary N) is 1. The number of ketones is 1. The molecule has 4 heteroatoms. The summed E-state index contributed by atoms with van der Waals surface area (Å²) in [6.45, 7) is 4.59. The number of Topliss-reactive ketones (excluding diaryl/α,β-unsaturated/α-hetero) is 1. The second-order valence-corrected chi connectivity index (χ2v) is 4.13. The molecule has 0 fully saturated rings. The van der Waals surface area contributed by atoms with Gasteiger partial charge in [-0.05, 0) is 18.2 Å². The van der Waals surface area contributed by atoms with Gasteiger partial charge in [0.2, 0.25) is 0 Å². The van der Waals surface area contributed by atoms with Gasteiger partial charge in [-0.15, -0.1) is 0 Å². The lowest BCUT2D eigenvalue weighted by Gasteiger charge is -2.09. The molecule has 1 aromatic carbocycles. The van der Waals surface area contributed by atoms with E-state index in [0.29, 0.717) is 30.3 Å². The molecule has 1 N–H and O–H groups in total. The summed E-state index contributed by atoms with van der Waals surface area (Å²) in [5.41, 5.74) is 0.304. The average Bonchev–Trinajstić information content (AvgIpc) is 2.28. The summed E-state index contributed by atoms with van der Waals surface area (Å²) in [5, 5.41) is 3.14. The second kappa shape index (κ2) is 6.35. The zero-order valence-electron chi connectivity index (χ0n) is 10.4. The van der Waals surface area contributed by atoms with Crippen LogP contribution in [0.4, 0.5) is 4.39 Å². The number of ether oxygens (including phenoxy) is 1. The summed E-state index contributed by atoms with van der Waals surface area (Å²) in [7, 11) is 1.47. The predicted molar refractivity (Wildman–Crippen MR) is 65.0 cm³/mol. The van der Waals surface area contributed by atoms with Crippen molar-refractivity contribution < 1.29 is 13.9 Å². The number of methoxy groups -OCH3 is 1. The van der Waals surface area contributed by atoms with Gasteiger partial charge in [0.1, 0.15) is 11.6 Å². The van der Waals surface area contributed by atoms with E-state index in [1.54, 1.807) is 0 Å². The van der Waals surface area contributed by atoms with Gasteiger partial charge in [-0.3, -0.25) is 4.79 Å². The molecule has 1 aromatic rings. The van der Waals surface area contributed by atoms with Gasteiger partial charge >= 0.3 is 0 Å². The molecule has 0 saturated heterocycles. The first-order valence-corrected chi connectivity index (χ1v) is 5.64. The van der Waals surface area contributed by atoms with E-state index in [4.69, 9.17) is 4.74 Å². The van der Waals surface area contributed by atoms with Crippen molar-refractivity contribution in [2.24, 2.45) is 0 Å². The maximum Gasteiger partial charge on any atom is 0.167 e. The highest BCUT2D eigenvalue weighted by molar-refractivity contribution is 5.98. The molecule has 17 heavy (non-hydrogen) atoms. The molecular formula is C13H18FNO2. The Labute approximate surface area is 101 Å². The van der Waals surface area contributed by atoms with Crippen molar-refractivity contribution in [1.29, 1.82) is 0 Å². The first kappa shape index (κ1) is 13.6. The summed E-state index contributed by atoms with van der Waals surface area (Å²) in [4.78, 5) is 11.9. The normalized spacial score (nSPS) is 10.6. The molecule has 0 radical (unpaired) electrons. The van der Waals surface area contributed by atoms with Gasteiger partial charge in [0.25, 0.3) is 0 Å². The van der Waals surface area contributed by atoms with Crippen LogP contribution in [0.2, 0.25) is 0 Å². The fourth-order valence-corrected chi connectivity index (χ4v) is 1.51. The van der Waals surface area contributed by atoms with Gasteiger partial charge in [-0.2, -0.15) is 0 Å². The minimum Gasteiger partial charge on any atom is -0.496 e. The highest BCUT2D eigenvalue weighted by atomic mass is 19.1. The standard InChI is InChI=1S/C13H18FNO2/c1-9(2)15-7-6-12(16)11-8-10(14)4-5-13(11)17-3/h4-5,8-9,15H,6-7H2,1-3H3. The molecule has 0 amide bonds. The molecule has 3 nitrogen and oxygen atoms in total. The Morgan fingerprint density at radius 3 is 2.76 bits per heavy atom. The van der Waals surface area contributed by atoms with E-state index in [9.17, 15) is 9.18 Å². The highest BCUT2D eigenvalue weighted by Gasteiger charge is 2.13. The summed E-state index contributed by atoms with van der Waals surface area (Å²) in [5.74, 6) is -0.124. The third kappa shape index (κ3) is 4.15. The molecular weight excluding hydrogens is 221 g/mol. The number of carbonyl (C=O) groups excluding carboxylic acids is 1. The van der Waals surface area contributed by atoms with Crippen molar-refractivity contribution in [3.8, 4) is 5.75 Å². The van der Waals surface area contributed by atoms with Crippen molar-refractivity contribution in [2.45, 2.75) is 26.3 Å². The van der Waals surface area contributed by atoms with Crippen molar-refractivity contribution in [1.82, 2.24) is 5.32 Å². The van der Waals surface area contributed by atoms with Crippen LogP contribution in [0.15, 0.2) is 18.2 Å². The molecule has 0 aliphatic carbocycles. The lowest BCUT2D eigenvalue weighted by Crippen LogP contribution is -2.25. The van der Waals surface area contributed by atoms with Crippen molar-refractivity contribution in [3.05, 3.63) is 29.6 Å². The lowest BCUT2D eigenvalue weighted by atomic mass is 10.1. The van der Waals surface area contributed by atoms with Crippen LogP contribution >= 0.6 is 0 Å². The van der Waals surface area contributed by atoms with E-state index in [1.807, 2.05) is 13.8 Å². The van der Waals surface area contributed by atoms with Gasteiger partial charge in [-0.1, -0.05) is 13.8 Å². The monoisotopic (exact) mass is 239 g/mol. The molecule has 0 heterocycles. The molecule has 0 aromatic heterocycles. The predicted octanol–water partition coefficient (Wildman–Crippen LogP) is 2.41. The van der Waals surface area contributed by atoms with Gasteiger partial charge in [-0.25, -0.2) is 4.39 Å². The van der Waals surface area contributed by atoms with Gasteiger partial charge in [0.15, 0.2) is 5.78 Å². The molecule has 94 valence electrons. The molecule has 0 spiro atoms. The maximum atomic E-state index is 13.1. The number of halogens is 1. The Kier molecular flexibility index (Phi) is 5.10. The van der Waals surface area contributed by atoms with E-state index in [-0.39, 0.29) is 5.78 Å². The minimum atomic E-state index is -0.425. The van der Waals surface area contributed by atoms with E-state index in [2.05, 4.69) is 5.32 Å². The van der Waals surface area contributed by atoms with Crippen molar-refractivity contribution in [3.63, 3.8) is 0 Å². The van der Waals surface area contributed by atoms with Crippen LogP contribution in [0.5, 0.6) is 5.75 Å². The van der Waals surface area contributed by atoms with Crippen LogP contribution in [0.1, 0.15) is 30.6 Å². The summed E-state index contributed by atoms with van der Waals surface area (Å²) < 4.78 is 18.1. The zero-order valence-corrected chi connectivity index (χ0v) is 10.4. The van der Waals surface area contributed by atoms with E-state index in [0.717, 1.165) is 0 Å². The largest absolute Gasteiger partial charge is 0.496 e. The number of rotatable bonds is 6. The van der Waals surface area contributed by atoms with E-state index >= 15 is 0 Å². The molecule has 0 atom stereocenters. The number of benzene rings is 1. The summed E-state index contributed by atoms with van der Waals surface area (Å²) in [6, 6.07) is 4.30. The Morgan fingerprint density at radius 2 is 2.18 bits per heavy atom. The fraction of sp³-hybridized carbons (Fsp3) is 0.462. The molecule has 0 bridgehead atoms. The third-order valence-corrected chi connectivity index (χ3v) is 2.37. The zero-order chi connectivity index (χ0) is 12.8. The second-order valence-electron chi connectivity index (χ2n) is 4.13. The average molecular weight is 239 g/mol. The minimum absolute atomic E-state index is 0.116. The van der Waals surface area contributed by atoms with E-state index in [1.165, 1.54) is 25.3 Å². The molecule has 0 aliphatic rings. The Balaban J connectivity index is 2.70. The SMILES string of the molecule is COc1ccc(F)cc1C(=O)CCNC(C)C. The lowest BCUT2D eigenvalue weighted by molar-refractivity contribution is 0.0978. The first-order chi connectivity index (χ1) is 8.04. The fourth-order valence-electron chi connectivity index (χ4n) is 1.51. The summed E-state index contributed by atoms with van der Waals surface area (Å²) in [6.07, 6.45) is 0.331. The Bertz CT molecular complexity index is 391. The number of carbonyl (C=O) groups is 1. The van der Waals surface area contributed by atoms with Crippen LogP contribution in [0, 0.1) is 5.82 Å². The smallest absolute Gasteiger partial charge is 0.167 e. The molecule has 0 aliphatic heterocycles. The topological polar surface area (TPSA) is 38.3 Å². The quantitative estimate of drug-likeness (QED) is 0.775. The Morgan fingerprint density at radius 1 is 1.47 bits per heavy atom. The number of hydrogen-bond acceptors (Lipinski definition) is 3. The molecule has 1 rings (SSSR count). The third-order valence-electron chi connectivity index (χ3n) is 2.37. The highest BCUT2D eigenvalue weighted by Crippen LogP contribution is 2.20. The van der Waals surface area contributed by atoms with Crippen LogP contribution < -0.4 is 10.1 Å². The van der Waals surface area contributed by atoms with Crippen LogP contribution in [-0.2, 0) is 0 Å². The molecule has 0 unspecified atom stereocenters. The van der Waals surface area contributed by atoms with Crippen LogP contribution in [-0.4, -0.2) is 25.5 Å². The van der Waals surface area contributed by atoms with Crippen LogP contribution in [0.3, 0.4) is 0 Å². The van der Waals surface area contributed by atoms with Gasteiger partial charge in [0.05, 0.1) is 12.7 Å². The van der Waals surface area contributed by atoms with Crippen LogP contribution in [0.25, 0.3) is 0 Å². The Hall–Kier alpha value is -1.42. The maximum absolute atomic E-state index is 13.1. The summed E-state index contributed by atoms with van der Waals surface area (Å²) >= 11 is 0. The first-order valence-electron chi connectivity index (χ1n) is 5.64. The number of hydrogen-bond donors (Lipinski definition) is 1. The van der Waals surface area contributed by atoms with Gasteiger partial charge in [0, 0.05) is 19.0 Å². The van der Waals surface area contributed by atoms with Crippen molar-refractivity contribution >= 4 is 5.78 Å². The van der Waals surface area contributed by atoms with E-state index < -0.39 is 5.82 Å².